The van der Waals surface area contributed by atoms with Crippen LogP contribution >= 0.6 is 0 Å². The van der Waals surface area contributed by atoms with Gasteiger partial charge in [0.25, 0.3) is 0 Å². The number of hydrogen-bond donors (Lipinski definition) is 1. The summed E-state index contributed by atoms with van der Waals surface area (Å²) in [4.78, 5) is 4.35. The lowest BCUT2D eigenvalue weighted by molar-refractivity contribution is 0.375. The molecule has 2 N–H and O–H groups in total. The Morgan fingerprint density at radius 3 is 2.54 bits per heavy atom. The van der Waals surface area contributed by atoms with E-state index in [0.717, 1.165) is 12.2 Å². The van der Waals surface area contributed by atoms with Crippen molar-refractivity contribution in [1.82, 2.24) is 9.55 Å². The molecule has 74 valence electrons. The van der Waals surface area contributed by atoms with Crippen LogP contribution in [-0.4, -0.2) is 16.1 Å². The molecular formula is C10H19N3. The predicted molar refractivity (Wildman–Crippen MR) is 54.7 cm³/mol. The topological polar surface area (TPSA) is 43.8 Å². The van der Waals surface area contributed by atoms with Gasteiger partial charge in [0.05, 0.1) is 0 Å². The minimum atomic E-state index is 0.102. The van der Waals surface area contributed by atoms with Crippen LogP contribution in [0, 0.1) is 6.92 Å². The van der Waals surface area contributed by atoms with Crippen LogP contribution in [0.3, 0.4) is 0 Å². The number of rotatable bonds is 2. The van der Waals surface area contributed by atoms with E-state index in [4.69, 9.17) is 5.73 Å². The van der Waals surface area contributed by atoms with E-state index in [9.17, 15) is 0 Å². The van der Waals surface area contributed by atoms with Crippen molar-refractivity contribution < 1.29 is 0 Å². The van der Waals surface area contributed by atoms with Crippen LogP contribution in [0.5, 0.6) is 0 Å². The zero-order valence-electron chi connectivity index (χ0n) is 8.96. The quantitative estimate of drug-likeness (QED) is 0.750. The molecule has 1 aromatic heterocycles. The largest absolute Gasteiger partial charge is 0.330 e. The normalized spacial score (nSPS) is 12.1. The maximum absolute atomic E-state index is 5.53. The lowest BCUT2D eigenvalue weighted by Gasteiger charge is -2.25. The first-order valence-corrected chi connectivity index (χ1v) is 4.70. The van der Waals surface area contributed by atoms with E-state index in [1.807, 2.05) is 6.20 Å². The number of nitrogens with two attached hydrogens (primary N) is 1. The predicted octanol–water partition coefficient (Wildman–Crippen LogP) is 1.45. The lowest BCUT2D eigenvalue weighted by Crippen LogP contribution is -2.26. The van der Waals surface area contributed by atoms with E-state index >= 15 is 0 Å². The molecule has 3 nitrogen and oxygen atoms in total. The molecule has 0 aliphatic rings. The van der Waals surface area contributed by atoms with Crippen LogP contribution in [0.15, 0.2) is 6.20 Å². The molecular weight excluding hydrogens is 162 g/mol. The summed E-state index contributed by atoms with van der Waals surface area (Å²) < 4.78 is 2.25. The van der Waals surface area contributed by atoms with Crippen LogP contribution in [-0.2, 0) is 12.0 Å². The molecule has 1 rings (SSSR count). The third-order valence-corrected chi connectivity index (χ3v) is 2.05. The molecule has 0 saturated carbocycles. The summed E-state index contributed by atoms with van der Waals surface area (Å²) in [6, 6.07) is 0. The van der Waals surface area contributed by atoms with Gasteiger partial charge in [0.15, 0.2) is 0 Å². The molecule has 0 fully saturated rings. The molecule has 0 radical (unpaired) electrons. The molecule has 0 bridgehead atoms. The maximum Gasteiger partial charge on any atom is 0.110 e. The Morgan fingerprint density at radius 1 is 1.46 bits per heavy atom. The van der Waals surface area contributed by atoms with Crippen molar-refractivity contribution in [2.75, 3.05) is 6.54 Å². The van der Waals surface area contributed by atoms with Gasteiger partial charge < -0.3 is 10.3 Å². The van der Waals surface area contributed by atoms with Gasteiger partial charge in [-0.25, -0.2) is 4.98 Å². The van der Waals surface area contributed by atoms with Gasteiger partial charge >= 0.3 is 0 Å². The number of hydrogen-bond acceptors (Lipinski definition) is 2. The van der Waals surface area contributed by atoms with Gasteiger partial charge in [0.2, 0.25) is 0 Å². The third kappa shape index (κ3) is 2.10. The Kier molecular flexibility index (Phi) is 2.76. The van der Waals surface area contributed by atoms with Gasteiger partial charge in [0.1, 0.15) is 5.82 Å². The molecule has 3 heteroatoms. The molecule has 0 aromatic carbocycles. The van der Waals surface area contributed by atoms with Crippen LogP contribution in [0.4, 0.5) is 0 Å². The van der Waals surface area contributed by atoms with Crippen LogP contribution in [0.2, 0.25) is 0 Å². The van der Waals surface area contributed by atoms with Crippen molar-refractivity contribution in [2.24, 2.45) is 5.73 Å². The minimum Gasteiger partial charge on any atom is -0.330 e. The summed E-state index contributed by atoms with van der Waals surface area (Å²) in [6.07, 6.45) is 2.77. The highest BCUT2D eigenvalue weighted by atomic mass is 15.1. The number of imidazole rings is 1. The average Bonchev–Trinajstić information content (AvgIpc) is 2.31. The van der Waals surface area contributed by atoms with Crippen molar-refractivity contribution >= 4 is 0 Å². The van der Waals surface area contributed by atoms with Crippen molar-refractivity contribution in [3.8, 4) is 0 Å². The maximum atomic E-state index is 5.53. The van der Waals surface area contributed by atoms with Gasteiger partial charge in [-0.3, -0.25) is 0 Å². The Bertz CT molecular complexity index is 281. The summed E-state index contributed by atoms with van der Waals surface area (Å²) in [5.41, 5.74) is 6.84. The SMILES string of the molecule is Cc1cnc(CCN)n1C(C)(C)C. The van der Waals surface area contributed by atoms with Gasteiger partial charge in [-0.05, 0) is 34.2 Å². The van der Waals surface area contributed by atoms with E-state index in [1.165, 1.54) is 5.69 Å². The second-order valence-corrected chi connectivity index (χ2v) is 4.36. The third-order valence-electron chi connectivity index (χ3n) is 2.05. The van der Waals surface area contributed by atoms with Crippen molar-refractivity contribution in [1.29, 1.82) is 0 Å². The Hall–Kier alpha value is -0.830. The smallest absolute Gasteiger partial charge is 0.110 e. The van der Waals surface area contributed by atoms with Gasteiger partial charge in [0, 0.05) is 23.9 Å². The van der Waals surface area contributed by atoms with Gasteiger partial charge in [-0.1, -0.05) is 0 Å². The van der Waals surface area contributed by atoms with Crippen molar-refractivity contribution in [3.63, 3.8) is 0 Å². The van der Waals surface area contributed by atoms with Crippen LogP contribution in [0.1, 0.15) is 32.3 Å². The number of aryl methyl sites for hydroxylation is 1. The fourth-order valence-electron chi connectivity index (χ4n) is 1.71. The van der Waals surface area contributed by atoms with Crippen LogP contribution in [0.25, 0.3) is 0 Å². The molecule has 1 aromatic rings. The first kappa shape index (κ1) is 10.3. The monoisotopic (exact) mass is 181 g/mol. The zero-order chi connectivity index (χ0) is 10.1. The van der Waals surface area contributed by atoms with E-state index in [2.05, 4.69) is 37.2 Å². The summed E-state index contributed by atoms with van der Waals surface area (Å²) >= 11 is 0. The molecule has 0 atom stereocenters. The summed E-state index contributed by atoms with van der Waals surface area (Å²) in [6.45, 7) is 9.29. The van der Waals surface area contributed by atoms with E-state index in [0.29, 0.717) is 6.54 Å². The molecule has 1 heterocycles. The number of nitrogens with zero attached hydrogens (tertiary/aromatic N) is 2. The average molecular weight is 181 g/mol. The molecule has 0 amide bonds. The molecule has 0 aliphatic carbocycles. The highest BCUT2D eigenvalue weighted by molar-refractivity contribution is 5.07. The van der Waals surface area contributed by atoms with Gasteiger partial charge in [-0.2, -0.15) is 0 Å². The fourth-order valence-corrected chi connectivity index (χ4v) is 1.71. The summed E-state index contributed by atoms with van der Waals surface area (Å²) in [5.74, 6) is 1.09. The molecule has 13 heavy (non-hydrogen) atoms. The molecule has 0 unspecified atom stereocenters. The fraction of sp³-hybridized carbons (Fsp3) is 0.700. The minimum absolute atomic E-state index is 0.102. The lowest BCUT2D eigenvalue weighted by atomic mass is 10.1. The first-order chi connectivity index (χ1) is 5.96. The molecule has 0 spiro atoms. The van der Waals surface area contributed by atoms with Crippen molar-refractivity contribution in [2.45, 2.75) is 39.7 Å². The van der Waals surface area contributed by atoms with Crippen molar-refractivity contribution in [3.05, 3.63) is 17.7 Å². The molecule has 0 saturated heterocycles. The number of aromatic nitrogens is 2. The highest BCUT2D eigenvalue weighted by Crippen LogP contribution is 2.19. The highest BCUT2D eigenvalue weighted by Gasteiger charge is 2.18. The van der Waals surface area contributed by atoms with E-state index in [1.54, 1.807) is 0 Å². The van der Waals surface area contributed by atoms with E-state index < -0.39 is 0 Å². The second-order valence-electron chi connectivity index (χ2n) is 4.36. The van der Waals surface area contributed by atoms with Crippen LogP contribution < -0.4 is 5.73 Å². The molecule has 0 aliphatic heterocycles. The second kappa shape index (κ2) is 3.50. The van der Waals surface area contributed by atoms with E-state index in [-0.39, 0.29) is 5.54 Å². The Morgan fingerprint density at radius 2 is 2.08 bits per heavy atom. The first-order valence-electron chi connectivity index (χ1n) is 4.70. The Balaban J connectivity index is 3.09. The zero-order valence-corrected chi connectivity index (χ0v) is 8.96. The summed E-state index contributed by atoms with van der Waals surface area (Å²) in [5, 5.41) is 0. The Labute approximate surface area is 80.0 Å². The summed E-state index contributed by atoms with van der Waals surface area (Å²) in [7, 11) is 0. The standard InChI is InChI=1S/C10H19N3/c1-8-7-12-9(5-6-11)13(8)10(2,3)4/h7H,5-6,11H2,1-4H3. The van der Waals surface area contributed by atoms with Gasteiger partial charge in [-0.15, -0.1) is 0 Å².